The summed E-state index contributed by atoms with van der Waals surface area (Å²) in [5, 5.41) is 9.42. The summed E-state index contributed by atoms with van der Waals surface area (Å²) in [6.07, 6.45) is 7.60. The summed E-state index contributed by atoms with van der Waals surface area (Å²) in [5.41, 5.74) is 0.263. The van der Waals surface area contributed by atoms with Crippen LogP contribution in [0.5, 0.6) is 0 Å². The molecular formula is C18H25N5O2. The molecule has 1 N–H and O–H groups in total. The van der Waals surface area contributed by atoms with Crippen LogP contribution in [-0.4, -0.2) is 64.2 Å². The SMILES string of the molecule is CN(C)CCn1ccnc1[C@H]1CCCN(c2ncccc2C(=O)O)C1. The van der Waals surface area contributed by atoms with Gasteiger partial charge in [-0.2, -0.15) is 0 Å². The standard InChI is InChI=1S/C18H25N5O2/c1-21(2)11-12-22-10-8-20-16(22)14-5-4-9-23(13-14)17-15(18(24)25)6-3-7-19-17/h3,6-8,10,14H,4-5,9,11-13H2,1-2H3,(H,24,25)/t14-/m0/s1. The van der Waals surface area contributed by atoms with Crippen LogP contribution in [0.1, 0.15) is 34.9 Å². The number of pyridine rings is 1. The third kappa shape index (κ3) is 3.99. The Morgan fingerprint density at radius 2 is 2.20 bits per heavy atom. The van der Waals surface area contributed by atoms with Crippen LogP contribution < -0.4 is 4.90 Å². The van der Waals surface area contributed by atoms with Crippen LogP contribution in [0, 0.1) is 0 Å². The number of hydrogen-bond donors (Lipinski definition) is 1. The number of nitrogens with zero attached hydrogens (tertiary/aromatic N) is 5. The van der Waals surface area contributed by atoms with E-state index in [2.05, 4.69) is 38.4 Å². The predicted molar refractivity (Wildman–Crippen MR) is 96.2 cm³/mol. The third-order valence-corrected chi connectivity index (χ3v) is 4.64. The maximum absolute atomic E-state index is 11.5. The van der Waals surface area contributed by atoms with Crippen LogP contribution in [0.3, 0.4) is 0 Å². The van der Waals surface area contributed by atoms with Crippen molar-refractivity contribution in [3.8, 4) is 0 Å². The Balaban J connectivity index is 1.79. The number of imidazole rings is 1. The Labute approximate surface area is 147 Å². The number of carboxylic acid groups (broad SMARTS) is 1. The van der Waals surface area contributed by atoms with E-state index in [9.17, 15) is 9.90 Å². The van der Waals surface area contributed by atoms with Gasteiger partial charge in [-0.1, -0.05) is 0 Å². The van der Waals surface area contributed by atoms with E-state index in [1.54, 1.807) is 18.3 Å². The second-order valence-corrected chi connectivity index (χ2v) is 6.75. The van der Waals surface area contributed by atoms with Gasteiger partial charge in [0.25, 0.3) is 0 Å². The van der Waals surface area contributed by atoms with Gasteiger partial charge in [-0.05, 0) is 39.1 Å². The first-order chi connectivity index (χ1) is 12.1. The van der Waals surface area contributed by atoms with Crippen LogP contribution in [-0.2, 0) is 6.54 Å². The number of aromatic carboxylic acids is 1. The molecular weight excluding hydrogens is 318 g/mol. The molecule has 1 aliphatic rings. The number of likely N-dealkylation sites (N-methyl/N-ethyl adjacent to an activating group) is 1. The Hall–Kier alpha value is -2.41. The maximum atomic E-state index is 11.5. The van der Waals surface area contributed by atoms with E-state index in [4.69, 9.17) is 0 Å². The molecule has 0 aromatic carbocycles. The number of carboxylic acids is 1. The van der Waals surface area contributed by atoms with E-state index >= 15 is 0 Å². The molecule has 3 heterocycles. The van der Waals surface area contributed by atoms with Gasteiger partial charge in [0.1, 0.15) is 17.2 Å². The van der Waals surface area contributed by atoms with Crippen molar-refractivity contribution < 1.29 is 9.90 Å². The molecule has 1 fully saturated rings. The molecule has 0 bridgehead atoms. The highest BCUT2D eigenvalue weighted by Gasteiger charge is 2.27. The molecule has 25 heavy (non-hydrogen) atoms. The van der Waals surface area contributed by atoms with Gasteiger partial charge in [0.05, 0.1) is 0 Å². The van der Waals surface area contributed by atoms with Crippen LogP contribution >= 0.6 is 0 Å². The van der Waals surface area contributed by atoms with Crippen LogP contribution in [0.25, 0.3) is 0 Å². The van der Waals surface area contributed by atoms with Gasteiger partial charge >= 0.3 is 5.97 Å². The lowest BCUT2D eigenvalue weighted by Crippen LogP contribution is -2.37. The Kier molecular flexibility index (Phi) is 5.33. The van der Waals surface area contributed by atoms with Crippen molar-refractivity contribution in [2.75, 3.05) is 38.6 Å². The molecule has 0 saturated carbocycles. The third-order valence-electron chi connectivity index (χ3n) is 4.64. The average molecular weight is 343 g/mol. The zero-order chi connectivity index (χ0) is 17.8. The molecule has 0 radical (unpaired) electrons. The van der Waals surface area contributed by atoms with Gasteiger partial charge in [0.2, 0.25) is 0 Å². The largest absolute Gasteiger partial charge is 0.478 e. The molecule has 0 unspecified atom stereocenters. The fourth-order valence-corrected chi connectivity index (χ4v) is 3.37. The predicted octanol–water partition coefficient (Wildman–Crippen LogP) is 1.92. The van der Waals surface area contributed by atoms with Gasteiger partial charge in [-0.15, -0.1) is 0 Å². The molecule has 3 rings (SSSR count). The van der Waals surface area contributed by atoms with Crippen LogP contribution in [0.2, 0.25) is 0 Å². The summed E-state index contributed by atoms with van der Waals surface area (Å²) in [6, 6.07) is 3.29. The van der Waals surface area contributed by atoms with Gasteiger partial charge in [-0.25, -0.2) is 14.8 Å². The first kappa shape index (κ1) is 17.4. The van der Waals surface area contributed by atoms with Crippen molar-refractivity contribution in [3.05, 3.63) is 42.1 Å². The number of piperidine rings is 1. The molecule has 0 spiro atoms. The lowest BCUT2D eigenvalue weighted by atomic mass is 9.96. The fraction of sp³-hybridized carbons (Fsp3) is 0.500. The summed E-state index contributed by atoms with van der Waals surface area (Å²) in [7, 11) is 4.13. The zero-order valence-corrected chi connectivity index (χ0v) is 14.8. The van der Waals surface area contributed by atoms with E-state index in [0.29, 0.717) is 5.82 Å². The lowest BCUT2D eigenvalue weighted by molar-refractivity contribution is 0.0697. The molecule has 2 aromatic heterocycles. The van der Waals surface area contributed by atoms with Crippen molar-refractivity contribution in [1.29, 1.82) is 0 Å². The number of anilines is 1. The van der Waals surface area contributed by atoms with E-state index < -0.39 is 5.97 Å². The number of rotatable bonds is 6. The molecule has 0 aliphatic carbocycles. The van der Waals surface area contributed by atoms with Crippen molar-refractivity contribution in [1.82, 2.24) is 19.4 Å². The highest BCUT2D eigenvalue weighted by atomic mass is 16.4. The molecule has 2 aromatic rings. The average Bonchev–Trinajstić information content (AvgIpc) is 3.08. The summed E-state index contributed by atoms with van der Waals surface area (Å²) in [5.74, 6) is 0.998. The maximum Gasteiger partial charge on any atom is 0.339 e. The lowest BCUT2D eigenvalue weighted by Gasteiger charge is -2.34. The summed E-state index contributed by atoms with van der Waals surface area (Å²) < 4.78 is 2.21. The van der Waals surface area contributed by atoms with E-state index in [1.807, 2.05) is 12.4 Å². The molecule has 1 saturated heterocycles. The Morgan fingerprint density at radius 3 is 2.96 bits per heavy atom. The molecule has 1 atom stereocenters. The van der Waals surface area contributed by atoms with E-state index in [-0.39, 0.29) is 11.5 Å². The highest BCUT2D eigenvalue weighted by molar-refractivity contribution is 5.93. The minimum absolute atomic E-state index is 0.263. The minimum atomic E-state index is -0.933. The van der Waals surface area contributed by atoms with Gasteiger partial charge in [-0.3, -0.25) is 0 Å². The summed E-state index contributed by atoms with van der Waals surface area (Å²) in [4.78, 5) is 24.6. The van der Waals surface area contributed by atoms with Gasteiger partial charge in [0, 0.05) is 50.7 Å². The zero-order valence-electron chi connectivity index (χ0n) is 14.8. The topological polar surface area (TPSA) is 74.5 Å². The number of hydrogen-bond acceptors (Lipinski definition) is 5. The van der Waals surface area contributed by atoms with E-state index in [1.165, 1.54) is 0 Å². The number of aromatic nitrogens is 3. The molecule has 7 heteroatoms. The summed E-state index contributed by atoms with van der Waals surface area (Å²) >= 11 is 0. The van der Waals surface area contributed by atoms with Crippen LogP contribution in [0.4, 0.5) is 5.82 Å². The van der Waals surface area contributed by atoms with Gasteiger partial charge in [0.15, 0.2) is 0 Å². The van der Waals surface area contributed by atoms with Crippen molar-refractivity contribution in [2.24, 2.45) is 0 Å². The fourth-order valence-electron chi connectivity index (χ4n) is 3.37. The Bertz CT molecular complexity index is 728. The Morgan fingerprint density at radius 1 is 1.36 bits per heavy atom. The molecule has 7 nitrogen and oxygen atoms in total. The normalized spacial score (nSPS) is 17.9. The first-order valence-electron chi connectivity index (χ1n) is 8.65. The quantitative estimate of drug-likeness (QED) is 0.864. The van der Waals surface area contributed by atoms with Crippen LogP contribution in [0.15, 0.2) is 30.7 Å². The van der Waals surface area contributed by atoms with Crippen molar-refractivity contribution in [3.63, 3.8) is 0 Å². The molecule has 1 aliphatic heterocycles. The number of carbonyl (C=O) groups is 1. The summed E-state index contributed by atoms with van der Waals surface area (Å²) in [6.45, 7) is 3.44. The smallest absolute Gasteiger partial charge is 0.339 e. The second-order valence-electron chi connectivity index (χ2n) is 6.75. The minimum Gasteiger partial charge on any atom is -0.478 e. The first-order valence-corrected chi connectivity index (χ1v) is 8.65. The van der Waals surface area contributed by atoms with Crippen molar-refractivity contribution >= 4 is 11.8 Å². The van der Waals surface area contributed by atoms with E-state index in [0.717, 1.165) is 44.8 Å². The molecule has 0 amide bonds. The van der Waals surface area contributed by atoms with Crippen molar-refractivity contribution in [2.45, 2.75) is 25.3 Å². The highest BCUT2D eigenvalue weighted by Crippen LogP contribution is 2.29. The van der Waals surface area contributed by atoms with Gasteiger partial charge < -0.3 is 19.5 Å². The second kappa shape index (κ2) is 7.65. The monoisotopic (exact) mass is 343 g/mol. The molecule has 134 valence electrons.